The van der Waals surface area contributed by atoms with Gasteiger partial charge < -0.3 is 4.74 Å². The number of nitrogens with zero attached hydrogens (tertiary/aromatic N) is 2. The topological polar surface area (TPSA) is 27.1 Å². The molecule has 0 saturated carbocycles. The molecule has 0 aliphatic carbocycles. The molecule has 0 spiro atoms. The summed E-state index contributed by atoms with van der Waals surface area (Å²) in [6.07, 6.45) is 2.11. The molecule has 0 bridgehead atoms. The average molecular weight is 368 g/mol. The lowest BCUT2D eigenvalue weighted by Gasteiger charge is -2.10. The minimum Gasteiger partial charge on any atom is -0.489 e. The van der Waals surface area contributed by atoms with Crippen LogP contribution in [0, 0.1) is 13.8 Å². The second-order valence-corrected chi connectivity index (χ2v) is 7.09. The highest BCUT2D eigenvalue weighted by atomic mass is 16.5. The molecule has 3 heteroatoms. The first-order chi connectivity index (χ1) is 13.7. The van der Waals surface area contributed by atoms with Gasteiger partial charge in [-0.3, -0.25) is 4.68 Å². The molecule has 0 unspecified atom stereocenters. The summed E-state index contributed by atoms with van der Waals surface area (Å²) >= 11 is 0. The van der Waals surface area contributed by atoms with Gasteiger partial charge in [0.05, 0.1) is 12.2 Å². The normalized spacial score (nSPS) is 10.8. The summed E-state index contributed by atoms with van der Waals surface area (Å²) in [6, 6.07) is 26.9. The van der Waals surface area contributed by atoms with E-state index in [2.05, 4.69) is 68.6 Å². The Morgan fingerprint density at radius 2 is 1.46 bits per heavy atom. The van der Waals surface area contributed by atoms with Gasteiger partial charge in [0.2, 0.25) is 0 Å². The maximum atomic E-state index is 6.02. The molecule has 140 valence electrons. The van der Waals surface area contributed by atoms with Gasteiger partial charge in [-0.25, -0.2) is 0 Å². The van der Waals surface area contributed by atoms with Crippen molar-refractivity contribution in [3.63, 3.8) is 0 Å². The van der Waals surface area contributed by atoms with E-state index >= 15 is 0 Å². The number of ether oxygens (including phenoxy) is 1. The lowest BCUT2D eigenvalue weighted by Crippen LogP contribution is -2.00. The van der Waals surface area contributed by atoms with Crippen molar-refractivity contribution in [2.45, 2.75) is 27.0 Å². The first-order valence-electron chi connectivity index (χ1n) is 9.55. The maximum Gasteiger partial charge on any atom is 0.120 e. The Morgan fingerprint density at radius 1 is 0.786 bits per heavy atom. The van der Waals surface area contributed by atoms with Crippen LogP contribution in [0.15, 0.2) is 85.1 Å². The van der Waals surface area contributed by atoms with E-state index in [1.54, 1.807) is 0 Å². The van der Waals surface area contributed by atoms with Crippen molar-refractivity contribution in [3.8, 4) is 17.0 Å². The molecule has 1 aromatic heterocycles. The number of rotatable bonds is 6. The third-order valence-electron chi connectivity index (χ3n) is 4.84. The second kappa shape index (κ2) is 8.13. The number of aryl methyl sites for hydroxylation is 2. The fraction of sp³-hybridized carbons (Fsp3) is 0.160. The standard InChI is InChI=1S/C25H24N2O/c1-19-13-14-23(28-18-22-11-7-4-8-12-22)15-24(19)25-20(2)16-27(26-25)17-21-9-5-3-6-10-21/h3-16H,17-18H2,1-2H3. The zero-order chi connectivity index (χ0) is 19.3. The summed E-state index contributed by atoms with van der Waals surface area (Å²) in [4.78, 5) is 0. The van der Waals surface area contributed by atoms with Crippen LogP contribution < -0.4 is 4.74 Å². The molecule has 4 aromatic rings. The molecular formula is C25H24N2O. The lowest BCUT2D eigenvalue weighted by molar-refractivity contribution is 0.306. The summed E-state index contributed by atoms with van der Waals surface area (Å²) in [5.41, 5.74) is 6.90. The van der Waals surface area contributed by atoms with Crippen LogP contribution in [-0.2, 0) is 13.2 Å². The smallest absolute Gasteiger partial charge is 0.120 e. The van der Waals surface area contributed by atoms with E-state index in [0.717, 1.165) is 29.1 Å². The largest absolute Gasteiger partial charge is 0.489 e. The first kappa shape index (κ1) is 18.1. The SMILES string of the molecule is Cc1ccc(OCc2ccccc2)cc1-c1nn(Cc2ccccc2)cc1C. The molecule has 0 aliphatic heterocycles. The van der Waals surface area contributed by atoms with Gasteiger partial charge in [-0.15, -0.1) is 0 Å². The van der Waals surface area contributed by atoms with Gasteiger partial charge in [0.15, 0.2) is 0 Å². The lowest BCUT2D eigenvalue weighted by atomic mass is 10.0. The van der Waals surface area contributed by atoms with Crippen molar-refractivity contribution in [1.82, 2.24) is 9.78 Å². The molecule has 0 amide bonds. The summed E-state index contributed by atoms with van der Waals surface area (Å²) < 4.78 is 8.03. The van der Waals surface area contributed by atoms with Gasteiger partial charge in [-0.1, -0.05) is 66.7 Å². The van der Waals surface area contributed by atoms with Crippen molar-refractivity contribution < 1.29 is 4.74 Å². The predicted molar refractivity (Wildman–Crippen MR) is 113 cm³/mol. The van der Waals surface area contributed by atoms with E-state index in [-0.39, 0.29) is 0 Å². The van der Waals surface area contributed by atoms with Crippen molar-refractivity contribution in [2.75, 3.05) is 0 Å². The molecule has 0 atom stereocenters. The number of hydrogen-bond acceptors (Lipinski definition) is 2. The molecule has 28 heavy (non-hydrogen) atoms. The average Bonchev–Trinajstić information content (AvgIpc) is 3.08. The van der Waals surface area contributed by atoms with E-state index in [4.69, 9.17) is 9.84 Å². The Hall–Kier alpha value is -3.33. The third-order valence-corrected chi connectivity index (χ3v) is 4.84. The van der Waals surface area contributed by atoms with Crippen LogP contribution in [0.1, 0.15) is 22.3 Å². The molecule has 0 radical (unpaired) electrons. The predicted octanol–water partition coefficient (Wildman–Crippen LogP) is 5.79. The van der Waals surface area contributed by atoms with E-state index < -0.39 is 0 Å². The van der Waals surface area contributed by atoms with Crippen LogP contribution in [-0.4, -0.2) is 9.78 Å². The zero-order valence-electron chi connectivity index (χ0n) is 16.3. The molecule has 0 aliphatic rings. The van der Waals surface area contributed by atoms with Crippen LogP contribution >= 0.6 is 0 Å². The molecular weight excluding hydrogens is 344 g/mol. The second-order valence-electron chi connectivity index (χ2n) is 7.09. The Balaban J connectivity index is 1.56. The summed E-state index contributed by atoms with van der Waals surface area (Å²) in [5, 5.41) is 4.86. The van der Waals surface area contributed by atoms with E-state index in [1.807, 2.05) is 35.0 Å². The molecule has 3 nitrogen and oxygen atoms in total. The van der Waals surface area contributed by atoms with Gasteiger partial charge in [0, 0.05) is 11.8 Å². The van der Waals surface area contributed by atoms with Crippen molar-refractivity contribution in [1.29, 1.82) is 0 Å². The first-order valence-corrected chi connectivity index (χ1v) is 9.55. The molecule has 0 N–H and O–H groups in total. The van der Waals surface area contributed by atoms with E-state index in [0.29, 0.717) is 6.61 Å². The zero-order valence-corrected chi connectivity index (χ0v) is 16.3. The third kappa shape index (κ3) is 4.15. The molecule has 3 aromatic carbocycles. The fourth-order valence-electron chi connectivity index (χ4n) is 3.33. The summed E-state index contributed by atoms with van der Waals surface area (Å²) in [6.45, 7) is 5.56. The number of aromatic nitrogens is 2. The van der Waals surface area contributed by atoms with Crippen molar-refractivity contribution >= 4 is 0 Å². The molecule has 0 fully saturated rings. The van der Waals surface area contributed by atoms with Gasteiger partial charge in [0.1, 0.15) is 12.4 Å². The molecule has 1 heterocycles. The summed E-state index contributed by atoms with van der Waals surface area (Å²) in [5.74, 6) is 0.862. The number of hydrogen-bond donors (Lipinski definition) is 0. The van der Waals surface area contributed by atoms with Crippen LogP contribution in [0.25, 0.3) is 11.3 Å². The van der Waals surface area contributed by atoms with E-state index in [9.17, 15) is 0 Å². The van der Waals surface area contributed by atoms with Crippen LogP contribution in [0.3, 0.4) is 0 Å². The minimum absolute atomic E-state index is 0.560. The number of benzene rings is 3. The maximum absolute atomic E-state index is 6.02. The molecule has 4 rings (SSSR count). The van der Waals surface area contributed by atoms with Gasteiger partial charge in [-0.2, -0.15) is 5.10 Å². The van der Waals surface area contributed by atoms with Gasteiger partial charge in [-0.05, 0) is 48.2 Å². The monoisotopic (exact) mass is 368 g/mol. The molecule has 0 saturated heterocycles. The van der Waals surface area contributed by atoms with Gasteiger partial charge >= 0.3 is 0 Å². The highest BCUT2D eigenvalue weighted by molar-refractivity contribution is 5.68. The van der Waals surface area contributed by atoms with Crippen molar-refractivity contribution in [3.05, 3.63) is 107 Å². The fourth-order valence-corrected chi connectivity index (χ4v) is 3.33. The van der Waals surface area contributed by atoms with Crippen molar-refractivity contribution in [2.24, 2.45) is 0 Å². The van der Waals surface area contributed by atoms with E-state index in [1.165, 1.54) is 16.7 Å². The highest BCUT2D eigenvalue weighted by Crippen LogP contribution is 2.29. The Bertz CT molecular complexity index is 1050. The summed E-state index contributed by atoms with van der Waals surface area (Å²) in [7, 11) is 0. The highest BCUT2D eigenvalue weighted by Gasteiger charge is 2.12. The van der Waals surface area contributed by atoms with Crippen LogP contribution in [0.5, 0.6) is 5.75 Å². The Morgan fingerprint density at radius 3 is 2.18 bits per heavy atom. The van der Waals surface area contributed by atoms with Crippen LogP contribution in [0.4, 0.5) is 0 Å². The quantitative estimate of drug-likeness (QED) is 0.430. The van der Waals surface area contributed by atoms with Gasteiger partial charge in [0.25, 0.3) is 0 Å². The Labute approximate surface area is 166 Å². The van der Waals surface area contributed by atoms with Crippen LogP contribution in [0.2, 0.25) is 0 Å². The Kier molecular flexibility index (Phi) is 5.24. The minimum atomic E-state index is 0.560.